The van der Waals surface area contributed by atoms with Crippen LogP contribution in [0, 0.1) is 13.8 Å². The van der Waals surface area contributed by atoms with Crippen LogP contribution in [0.15, 0.2) is 65.3 Å². The average molecular weight is 566 g/mol. The fourth-order valence-corrected chi connectivity index (χ4v) is 6.02. The number of aromatic hydroxyl groups is 1. The number of carbonyl (C=O) groups excluding carboxylic acids is 3. The SMILES string of the molecule is Cc1ccc(C(=O)N[C@@H](Cc2ccccc2)[C@H](O)C(=O)N2CSC(C)(C)[C@H]2C(=O)NCc2ccco2)c(C)c1O. The summed E-state index contributed by atoms with van der Waals surface area (Å²) in [6.45, 7) is 7.31. The number of benzene rings is 2. The zero-order valence-electron chi connectivity index (χ0n) is 23.0. The van der Waals surface area contributed by atoms with Gasteiger partial charge in [0.1, 0.15) is 17.6 Å². The number of rotatable bonds is 9. The molecule has 2 heterocycles. The van der Waals surface area contributed by atoms with Gasteiger partial charge in [0.05, 0.1) is 24.7 Å². The van der Waals surface area contributed by atoms with Gasteiger partial charge >= 0.3 is 0 Å². The van der Waals surface area contributed by atoms with Gasteiger partial charge in [-0.3, -0.25) is 14.4 Å². The van der Waals surface area contributed by atoms with Crippen molar-refractivity contribution in [2.75, 3.05) is 5.88 Å². The zero-order valence-corrected chi connectivity index (χ0v) is 23.8. The number of aliphatic hydroxyl groups excluding tert-OH is 1. The molecule has 212 valence electrons. The van der Waals surface area contributed by atoms with E-state index in [1.54, 1.807) is 38.1 Å². The monoisotopic (exact) mass is 565 g/mol. The van der Waals surface area contributed by atoms with Gasteiger partial charge in [-0.2, -0.15) is 0 Å². The Morgan fingerprint density at radius 1 is 1.10 bits per heavy atom. The summed E-state index contributed by atoms with van der Waals surface area (Å²) in [6, 6.07) is 14.1. The number of carbonyl (C=O) groups is 3. The molecule has 0 unspecified atom stereocenters. The minimum absolute atomic E-state index is 0.0172. The Labute approximate surface area is 237 Å². The quantitative estimate of drug-likeness (QED) is 0.313. The lowest BCUT2D eigenvalue weighted by atomic mass is 9.96. The van der Waals surface area contributed by atoms with Crippen LogP contribution in [-0.4, -0.2) is 61.6 Å². The third-order valence-electron chi connectivity index (χ3n) is 7.22. The van der Waals surface area contributed by atoms with E-state index in [1.165, 1.54) is 22.9 Å². The van der Waals surface area contributed by atoms with Crippen molar-refractivity contribution in [3.8, 4) is 5.75 Å². The van der Waals surface area contributed by atoms with Crippen molar-refractivity contribution < 1.29 is 29.0 Å². The van der Waals surface area contributed by atoms with Crippen LogP contribution in [0.1, 0.15) is 46.7 Å². The second kappa shape index (κ2) is 12.2. The van der Waals surface area contributed by atoms with Gasteiger partial charge in [0, 0.05) is 15.9 Å². The molecule has 0 saturated carbocycles. The topological polar surface area (TPSA) is 132 Å². The summed E-state index contributed by atoms with van der Waals surface area (Å²) in [4.78, 5) is 41.7. The molecule has 3 aromatic rings. The molecule has 1 fully saturated rings. The number of nitrogens with one attached hydrogen (secondary N) is 2. The molecule has 10 heteroatoms. The molecule has 3 atom stereocenters. The summed E-state index contributed by atoms with van der Waals surface area (Å²) in [5, 5.41) is 27.4. The Hall–Kier alpha value is -3.76. The lowest BCUT2D eigenvalue weighted by Gasteiger charge is -2.33. The molecular weight excluding hydrogens is 530 g/mol. The number of amides is 3. The molecule has 9 nitrogen and oxygen atoms in total. The van der Waals surface area contributed by atoms with E-state index in [2.05, 4.69) is 10.6 Å². The van der Waals surface area contributed by atoms with Gasteiger partial charge in [-0.05, 0) is 63.4 Å². The first-order chi connectivity index (χ1) is 19.0. The molecule has 4 rings (SSSR count). The van der Waals surface area contributed by atoms with E-state index in [1.807, 2.05) is 44.2 Å². The van der Waals surface area contributed by atoms with E-state index in [-0.39, 0.29) is 36.1 Å². The Kier molecular flexibility index (Phi) is 8.90. The molecule has 1 aromatic heterocycles. The lowest BCUT2D eigenvalue weighted by Crippen LogP contribution is -2.58. The molecule has 1 aliphatic rings. The molecule has 0 aliphatic carbocycles. The molecular formula is C30H35N3O6S. The summed E-state index contributed by atoms with van der Waals surface area (Å²) in [7, 11) is 0. The van der Waals surface area contributed by atoms with E-state index in [0.29, 0.717) is 16.9 Å². The molecule has 0 bridgehead atoms. The number of hydrogen-bond acceptors (Lipinski definition) is 7. The first-order valence-electron chi connectivity index (χ1n) is 13.1. The third-order valence-corrected chi connectivity index (χ3v) is 8.60. The second-order valence-electron chi connectivity index (χ2n) is 10.5. The Morgan fingerprint density at radius 2 is 1.82 bits per heavy atom. The van der Waals surface area contributed by atoms with E-state index in [9.17, 15) is 24.6 Å². The Bertz CT molecular complexity index is 1360. The van der Waals surface area contributed by atoms with Crippen LogP contribution >= 0.6 is 11.8 Å². The predicted molar refractivity (Wildman–Crippen MR) is 153 cm³/mol. The Balaban J connectivity index is 1.57. The lowest BCUT2D eigenvalue weighted by molar-refractivity contribution is -0.147. The summed E-state index contributed by atoms with van der Waals surface area (Å²) in [5.41, 5.74) is 2.10. The van der Waals surface area contributed by atoms with E-state index >= 15 is 0 Å². The maximum atomic E-state index is 13.8. The highest BCUT2D eigenvalue weighted by atomic mass is 32.2. The predicted octanol–water partition coefficient (Wildman–Crippen LogP) is 3.30. The number of thioether (sulfide) groups is 1. The van der Waals surface area contributed by atoms with Crippen molar-refractivity contribution in [1.29, 1.82) is 0 Å². The molecule has 0 spiro atoms. The van der Waals surface area contributed by atoms with Crippen LogP contribution in [0.25, 0.3) is 0 Å². The molecule has 4 N–H and O–H groups in total. The van der Waals surface area contributed by atoms with Gasteiger partial charge in [0.15, 0.2) is 6.10 Å². The number of aliphatic hydroxyl groups is 1. The number of phenols is 1. The van der Waals surface area contributed by atoms with Gasteiger partial charge in [0.25, 0.3) is 11.8 Å². The van der Waals surface area contributed by atoms with Crippen molar-refractivity contribution in [2.45, 2.75) is 63.6 Å². The van der Waals surface area contributed by atoms with Gasteiger partial charge < -0.3 is 30.2 Å². The number of furan rings is 1. The van der Waals surface area contributed by atoms with E-state index < -0.39 is 34.7 Å². The van der Waals surface area contributed by atoms with Gasteiger partial charge in [-0.15, -0.1) is 11.8 Å². The van der Waals surface area contributed by atoms with E-state index in [4.69, 9.17) is 4.42 Å². The zero-order chi connectivity index (χ0) is 29.0. The minimum Gasteiger partial charge on any atom is -0.507 e. The molecule has 1 saturated heterocycles. The fourth-order valence-electron chi connectivity index (χ4n) is 4.88. The summed E-state index contributed by atoms with van der Waals surface area (Å²) < 4.78 is 4.68. The largest absolute Gasteiger partial charge is 0.507 e. The second-order valence-corrected chi connectivity index (χ2v) is 12.1. The van der Waals surface area contributed by atoms with Crippen molar-refractivity contribution in [2.24, 2.45) is 0 Å². The minimum atomic E-state index is -1.63. The maximum absolute atomic E-state index is 13.8. The van der Waals surface area contributed by atoms with E-state index in [0.717, 1.165) is 5.56 Å². The highest BCUT2D eigenvalue weighted by Crippen LogP contribution is 2.40. The van der Waals surface area contributed by atoms with Gasteiger partial charge in [0.2, 0.25) is 5.91 Å². The molecule has 40 heavy (non-hydrogen) atoms. The number of aryl methyl sites for hydroxylation is 1. The summed E-state index contributed by atoms with van der Waals surface area (Å²) >= 11 is 1.44. The molecule has 3 amide bonds. The first kappa shape index (κ1) is 29.2. The van der Waals surface area contributed by atoms with Crippen LogP contribution in [0.5, 0.6) is 5.75 Å². The number of phenolic OH excluding ortho intramolecular Hbond substituents is 1. The first-order valence-corrected chi connectivity index (χ1v) is 14.0. The highest BCUT2D eigenvalue weighted by molar-refractivity contribution is 8.00. The summed E-state index contributed by atoms with van der Waals surface area (Å²) in [6.07, 6.45) is 0.0677. The van der Waals surface area contributed by atoms with Crippen LogP contribution in [0.2, 0.25) is 0 Å². The number of nitrogens with zero attached hydrogens (tertiary/aromatic N) is 1. The highest BCUT2D eigenvalue weighted by Gasteiger charge is 2.49. The van der Waals surface area contributed by atoms with Crippen LogP contribution in [0.3, 0.4) is 0 Å². The third kappa shape index (κ3) is 6.34. The van der Waals surface area contributed by atoms with Gasteiger partial charge in [-0.1, -0.05) is 36.4 Å². The van der Waals surface area contributed by atoms with Crippen LogP contribution < -0.4 is 10.6 Å². The molecule has 2 aromatic carbocycles. The standard InChI is InChI=1S/C30H35N3O6S/c1-18-12-13-22(19(2)24(18)34)27(36)32-23(15-20-9-6-5-7-10-20)25(35)29(38)33-17-40-30(3,4)26(33)28(37)31-16-21-11-8-14-39-21/h5-14,23,25-26,34-35H,15-17H2,1-4H3,(H,31,37)(H,32,36)/t23-,25-,26+/m0/s1. The smallest absolute Gasteiger partial charge is 0.254 e. The van der Waals surface area contributed by atoms with Gasteiger partial charge in [-0.25, -0.2) is 0 Å². The van der Waals surface area contributed by atoms with Crippen molar-refractivity contribution >= 4 is 29.5 Å². The maximum Gasteiger partial charge on any atom is 0.254 e. The van der Waals surface area contributed by atoms with Crippen molar-refractivity contribution in [3.05, 3.63) is 88.9 Å². The summed E-state index contributed by atoms with van der Waals surface area (Å²) in [5.74, 6) is -0.730. The molecule has 0 radical (unpaired) electrons. The normalized spacial score (nSPS) is 17.7. The fraction of sp³-hybridized carbons (Fsp3) is 0.367. The van der Waals surface area contributed by atoms with Crippen molar-refractivity contribution in [1.82, 2.24) is 15.5 Å². The molecule has 1 aliphatic heterocycles. The number of hydrogen-bond donors (Lipinski definition) is 4. The van der Waals surface area contributed by atoms with Crippen LogP contribution in [-0.2, 0) is 22.6 Å². The van der Waals surface area contributed by atoms with Crippen molar-refractivity contribution in [3.63, 3.8) is 0 Å². The Morgan fingerprint density at radius 3 is 2.50 bits per heavy atom. The van der Waals surface area contributed by atoms with Crippen LogP contribution in [0.4, 0.5) is 0 Å². The average Bonchev–Trinajstić information content (AvgIpc) is 3.57.